The molecule has 0 spiro atoms. The minimum Gasteiger partial charge on any atom is -0.370 e. The molecule has 0 unspecified atom stereocenters. The molecular weight excluding hydrogens is 1060 g/mol. The molecule has 0 fully saturated rings. The molecule has 7 atom stereocenters. The number of aliphatic imine (C=N–C) groups is 2. The highest BCUT2D eigenvalue weighted by molar-refractivity contribution is 5.98. The van der Waals surface area contributed by atoms with Gasteiger partial charge in [0.05, 0.1) is 0 Å². The lowest BCUT2D eigenvalue weighted by atomic mass is 10.00. The van der Waals surface area contributed by atoms with Crippen molar-refractivity contribution in [2.45, 2.75) is 133 Å². The molecule has 3 aromatic carbocycles. The van der Waals surface area contributed by atoms with Crippen molar-refractivity contribution in [2.24, 2.45) is 50.1 Å². The van der Waals surface area contributed by atoms with Crippen LogP contribution in [0.2, 0.25) is 0 Å². The van der Waals surface area contributed by atoms with Crippen LogP contribution in [-0.4, -0.2) is 138 Å². The number of rotatable bonds is 36. The van der Waals surface area contributed by atoms with E-state index in [1.807, 2.05) is 48.5 Å². The number of aromatic nitrogens is 2. The molecule has 26 heteroatoms. The van der Waals surface area contributed by atoms with E-state index < -0.39 is 89.6 Å². The molecule has 26 nitrogen and oxygen atoms in total. The van der Waals surface area contributed by atoms with Crippen LogP contribution in [0.4, 0.5) is 0 Å². The molecule has 2 aromatic heterocycles. The SMILES string of the molecule is CC(=O)N[C@H](CCCN=C(N)N)C(=O)N[C@H](CCCN=C(N)N)C(=O)N[C@H](CCCCN)C(=O)N[C@H](CCCCN)C(=O)N[C@H](Cc1c[nH]c2ccccc12)C(=O)N[C@H](Cc1ccccc1)C(=O)N[C@H](Cc1c[nH]c2ccccc12)C(N)=O. The van der Waals surface area contributed by atoms with Crippen LogP contribution in [0.25, 0.3) is 21.8 Å². The fourth-order valence-electron chi connectivity index (χ4n) is 9.48. The number of fused-ring (bicyclic) bond motifs is 2. The standard InChI is InChI=1S/C57H82N18O8/c1-34(76)69-42(23-13-27-65-56(61)62)50(78)72-45(24-14-28-66-57(63)64)52(80)70-43(21-9-11-25-58)51(79)71-44(22-10-12-26-59)53(81)75-48(31-37-33-68-41-20-8-6-18-39(37)41)55(83)74-47(29-35-15-3-2-4-16-35)54(82)73-46(49(60)77)30-36-32-67-40-19-7-5-17-38(36)40/h2-8,15-20,32-33,42-48,67-68H,9-14,21-31,58-59H2,1H3,(H2,60,77)(H,69,76)(H,70,80)(H,71,79)(H,72,78)(H,73,82)(H,74,83)(H,75,81)(H4,61,62,65)(H4,63,64,66)/t42-,43-,44-,45-,46-,47-,48-/m1/s1. The van der Waals surface area contributed by atoms with Crippen molar-refractivity contribution in [3.8, 4) is 0 Å². The van der Waals surface area contributed by atoms with E-state index in [1.165, 1.54) is 6.92 Å². The Morgan fingerprint density at radius 1 is 0.422 bits per heavy atom. The van der Waals surface area contributed by atoms with E-state index in [-0.39, 0.29) is 89.5 Å². The van der Waals surface area contributed by atoms with Crippen LogP contribution in [0.1, 0.15) is 87.8 Å². The van der Waals surface area contributed by atoms with Crippen molar-refractivity contribution < 1.29 is 38.4 Å². The molecule has 5 aromatic rings. The lowest BCUT2D eigenvalue weighted by Crippen LogP contribution is -2.60. The zero-order chi connectivity index (χ0) is 60.3. The molecule has 0 aliphatic carbocycles. The molecule has 0 saturated carbocycles. The molecular formula is C57H82N18O8. The van der Waals surface area contributed by atoms with Crippen LogP contribution < -0.4 is 77.4 Å². The van der Waals surface area contributed by atoms with Crippen molar-refractivity contribution in [3.05, 3.63) is 108 Å². The maximum Gasteiger partial charge on any atom is 0.243 e. The smallest absolute Gasteiger partial charge is 0.243 e. The number of guanidine groups is 2. The van der Waals surface area contributed by atoms with Crippen LogP contribution in [0.15, 0.2) is 101 Å². The Labute approximate surface area is 481 Å². The third kappa shape index (κ3) is 21.4. The summed E-state index contributed by atoms with van der Waals surface area (Å²) >= 11 is 0. The molecule has 0 aliphatic heterocycles. The molecule has 448 valence electrons. The van der Waals surface area contributed by atoms with Gasteiger partial charge >= 0.3 is 0 Å². The van der Waals surface area contributed by atoms with Crippen molar-refractivity contribution in [2.75, 3.05) is 26.2 Å². The summed E-state index contributed by atoms with van der Waals surface area (Å²) in [5.74, 6) is -6.05. The average Bonchev–Trinajstić information content (AvgIpc) is 4.33. The lowest BCUT2D eigenvalue weighted by molar-refractivity contribution is -0.135. The number of para-hydroxylation sites is 2. The van der Waals surface area contributed by atoms with Crippen molar-refractivity contribution in [3.63, 3.8) is 0 Å². The Hall–Kier alpha value is -9.04. The summed E-state index contributed by atoms with van der Waals surface area (Å²) in [6, 6.07) is 15.0. The normalized spacial score (nSPS) is 13.6. The Morgan fingerprint density at radius 2 is 0.771 bits per heavy atom. The first-order valence-electron chi connectivity index (χ1n) is 27.9. The summed E-state index contributed by atoms with van der Waals surface area (Å²) in [4.78, 5) is 127. The molecule has 0 saturated heterocycles. The van der Waals surface area contributed by atoms with Crippen molar-refractivity contribution in [1.29, 1.82) is 0 Å². The summed E-state index contributed by atoms with van der Waals surface area (Å²) in [6.45, 7) is 2.04. The van der Waals surface area contributed by atoms with Gasteiger partial charge < -0.3 is 87.3 Å². The predicted octanol–water partition coefficient (Wildman–Crippen LogP) is -1.06. The lowest BCUT2D eigenvalue weighted by Gasteiger charge is -2.28. The molecule has 83 heavy (non-hydrogen) atoms. The van der Waals surface area contributed by atoms with E-state index in [2.05, 4.69) is 57.2 Å². The fraction of sp³-hybridized carbons (Fsp3) is 0.439. The van der Waals surface area contributed by atoms with E-state index in [0.717, 1.165) is 27.4 Å². The first-order valence-corrected chi connectivity index (χ1v) is 27.9. The van der Waals surface area contributed by atoms with Gasteiger partial charge in [-0.1, -0.05) is 66.7 Å². The van der Waals surface area contributed by atoms with Gasteiger partial charge in [-0.15, -0.1) is 0 Å². The average molecular weight is 1150 g/mol. The molecule has 2 heterocycles. The Morgan fingerprint density at radius 3 is 1.18 bits per heavy atom. The maximum atomic E-state index is 14.9. The number of carbonyl (C=O) groups excluding carboxylic acids is 8. The van der Waals surface area contributed by atoms with Crippen LogP contribution in [0.3, 0.4) is 0 Å². The first kappa shape index (κ1) is 64.8. The molecule has 0 radical (unpaired) electrons. The molecule has 23 N–H and O–H groups in total. The predicted molar refractivity (Wildman–Crippen MR) is 318 cm³/mol. The Bertz CT molecular complexity index is 3010. The fourth-order valence-corrected chi connectivity index (χ4v) is 9.48. The number of carbonyl (C=O) groups is 8. The van der Waals surface area contributed by atoms with Crippen LogP contribution in [0.5, 0.6) is 0 Å². The van der Waals surface area contributed by atoms with E-state index >= 15 is 0 Å². The molecule has 8 amide bonds. The van der Waals surface area contributed by atoms with E-state index in [0.29, 0.717) is 43.2 Å². The number of aromatic amines is 2. The third-order valence-electron chi connectivity index (χ3n) is 13.8. The van der Waals surface area contributed by atoms with Gasteiger partial charge in [0.1, 0.15) is 42.3 Å². The van der Waals surface area contributed by atoms with Gasteiger partial charge in [0.25, 0.3) is 0 Å². The highest BCUT2D eigenvalue weighted by Crippen LogP contribution is 2.21. The molecule has 0 aliphatic rings. The summed E-state index contributed by atoms with van der Waals surface area (Å²) in [7, 11) is 0. The second-order valence-electron chi connectivity index (χ2n) is 20.3. The highest BCUT2D eigenvalue weighted by Gasteiger charge is 2.35. The number of nitrogens with zero attached hydrogens (tertiary/aromatic N) is 2. The number of H-pyrrole nitrogens is 2. The Kier molecular flexibility index (Phi) is 26.3. The van der Waals surface area contributed by atoms with Crippen LogP contribution >= 0.6 is 0 Å². The number of amides is 8. The van der Waals surface area contributed by atoms with Crippen molar-refractivity contribution in [1.82, 2.24) is 47.2 Å². The van der Waals surface area contributed by atoms with E-state index in [9.17, 15) is 38.4 Å². The van der Waals surface area contributed by atoms with Crippen LogP contribution in [-0.2, 0) is 57.6 Å². The second kappa shape index (κ2) is 33.6. The summed E-state index contributed by atoms with van der Waals surface area (Å²) in [5.41, 5.74) is 43.3. The number of unbranched alkanes of at least 4 members (excludes halogenated alkanes) is 2. The van der Waals surface area contributed by atoms with E-state index in [1.54, 1.807) is 42.7 Å². The zero-order valence-corrected chi connectivity index (χ0v) is 46.9. The van der Waals surface area contributed by atoms with Gasteiger partial charge in [-0.2, -0.15) is 0 Å². The number of hydrogen-bond acceptors (Lipinski definition) is 12. The van der Waals surface area contributed by atoms with Crippen molar-refractivity contribution >= 4 is 81.0 Å². The summed E-state index contributed by atoms with van der Waals surface area (Å²) < 4.78 is 0. The monoisotopic (exact) mass is 1150 g/mol. The van der Waals surface area contributed by atoms with Gasteiger partial charge in [0.15, 0.2) is 11.9 Å². The number of nitrogens with one attached hydrogen (secondary N) is 9. The zero-order valence-electron chi connectivity index (χ0n) is 46.9. The second-order valence-corrected chi connectivity index (χ2v) is 20.3. The largest absolute Gasteiger partial charge is 0.370 e. The summed E-state index contributed by atoms with van der Waals surface area (Å²) in [5, 5.41) is 21.0. The minimum absolute atomic E-state index is 0.000879. The van der Waals surface area contributed by atoms with Gasteiger partial charge in [-0.25, -0.2) is 0 Å². The number of primary amides is 1. The number of hydrogen-bond donors (Lipinski definition) is 16. The quantitative estimate of drug-likeness (QED) is 0.0129. The van der Waals surface area contributed by atoms with Crippen LogP contribution in [0, 0.1) is 0 Å². The highest BCUT2D eigenvalue weighted by atomic mass is 16.2. The summed E-state index contributed by atoms with van der Waals surface area (Å²) in [6.07, 6.45) is 5.82. The molecule has 5 rings (SSSR count). The maximum absolute atomic E-state index is 14.9. The third-order valence-corrected chi connectivity index (χ3v) is 13.8. The Balaban J connectivity index is 1.43. The topological polar surface area (TPSA) is 459 Å². The first-order chi connectivity index (χ1) is 39.9. The number of nitrogens with two attached hydrogens (primary N) is 7. The van der Waals surface area contributed by atoms with Gasteiger partial charge in [0.2, 0.25) is 47.3 Å². The number of benzene rings is 3. The van der Waals surface area contributed by atoms with Gasteiger partial charge in [0, 0.05) is 73.5 Å². The molecule has 0 bridgehead atoms. The minimum atomic E-state index is -1.36. The van der Waals surface area contributed by atoms with E-state index in [4.69, 9.17) is 40.1 Å². The van der Waals surface area contributed by atoms with Gasteiger partial charge in [-0.05, 0) is 106 Å². The van der Waals surface area contributed by atoms with Gasteiger partial charge in [-0.3, -0.25) is 48.3 Å².